The number of nitrogens with zero attached hydrogens (tertiary/aromatic N) is 1. The second-order valence-electron chi connectivity index (χ2n) is 14.6. The SMILES string of the molecule is CCCCCCCCCCCCCCCCCCCC(COC(c1ccccc1)(c1ccccc1)c1ccccc1)OCc1ccc(C#N)c(OC)c1. The molecule has 284 valence electrons. The highest BCUT2D eigenvalue weighted by Crippen LogP contribution is 2.41. The van der Waals surface area contributed by atoms with Gasteiger partial charge < -0.3 is 14.2 Å². The van der Waals surface area contributed by atoms with Crippen molar-refractivity contribution in [3.63, 3.8) is 0 Å². The summed E-state index contributed by atoms with van der Waals surface area (Å²) < 4.78 is 19.4. The lowest BCUT2D eigenvalue weighted by molar-refractivity contribution is -0.0731. The number of hydrogen-bond acceptors (Lipinski definition) is 4. The molecule has 0 fully saturated rings. The van der Waals surface area contributed by atoms with E-state index in [1.54, 1.807) is 7.11 Å². The maximum Gasteiger partial charge on any atom is 0.143 e. The molecule has 4 nitrogen and oxygen atoms in total. The van der Waals surface area contributed by atoms with Crippen LogP contribution in [0.4, 0.5) is 0 Å². The molecule has 1 unspecified atom stereocenters. The van der Waals surface area contributed by atoms with Gasteiger partial charge in [0.2, 0.25) is 0 Å². The zero-order valence-corrected chi connectivity index (χ0v) is 32.8. The molecule has 4 aromatic carbocycles. The highest BCUT2D eigenvalue weighted by molar-refractivity contribution is 5.47. The molecule has 0 aliphatic carbocycles. The molecule has 53 heavy (non-hydrogen) atoms. The lowest BCUT2D eigenvalue weighted by atomic mass is 9.80. The molecular formula is C49H65NO3. The van der Waals surface area contributed by atoms with E-state index >= 15 is 0 Å². The third kappa shape index (κ3) is 14.1. The molecule has 0 radical (unpaired) electrons. The van der Waals surface area contributed by atoms with Crippen LogP contribution >= 0.6 is 0 Å². The Bertz CT molecular complexity index is 1450. The maximum absolute atomic E-state index is 9.48. The van der Waals surface area contributed by atoms with Crippen LogP contribution in [0.15, 0.2) is 109 Å². The second-order valence-corrected chi connectivity index (χ2v) is 14.6. The topological polar surface area (TPSA) is 51.5 Å². The first-order valence-corrected chi connectivity index (χ1v) is 20.7. The summed E-state index contributed by atoms with van der Waals surface area (Å²) in [5.74, 6) is 0.575. The zero-order chi connectivity index (χ0) is 37.2. The van der Waals surface area contributed by atoms with Crippen LogP contribution in [0.3, 0.4) is 0 Å². The Morgan fingerprint density at radius 1 is 0.566 bits per heavy atom. The molecule has 0 N–H and O–H groups in total. The van der Waals surface area contributed by atoms with E-state index in [0.717, 1.165) is 35.1 Å². The smallest absolute Gasteiger partial charge is 0.143 e. The average molecular weight is 716 g/mol. The van der Waals surface area contributed by atoms with Gasteiger partial charge in [-0.15, -0.1) is 0 Å². The molecule has 0 aliphatic rings. The fourth-order valence-corrected chi connectivity index (χ4v) is 7.43. The van der Waals surface area contributed by atoms with Crippen molar-refractivity contribution in [2.45, 2.75) is 141 Å². The van der Waals surface area contributed by atoms with E-state index in [2.05, 4.69) is 104 Å². The number of methoxy groups -OCH3 is 1. The van der Waals surface area contributed by atoms with Gasteiger partial charge in [0.25, 0.3) is 0 Å². The van der Waals surface area contributed by atoms with Gasteiger partial charge in [-0.1, -0.05) is 213 Å². The van der Waals surface area contributed by atoms with Crippen molar-refractivity contribution in [2.75, 3.05) is 13.7 Å². The number of unbranched alkanes of at least 4 members (excludes halogenated alkanes) is 16. The van der Waals surface area contributed by atoms with Crippen molar-refractivity contribution in [3.8, 4) is 11.8 Å². The first-order chi connectivity index (χ1) is 26.2. The summed E-state index contributed by atoms with van der Waals surface area (Å²) in [5.41, 5.74) is 3.98. The Morgan fingerprint density at radius 2 is 1.00 bits per heavy atom. The summed E-state index contributed by atoms with van der Waals surface area (Å²) in [6.07, 6.45) is 23.9. The molecule has 4 heteroatoms. The van der Waals surface area contributed by atoms with Crippen LogP contribution in [0.25, 0.3) is 0 Å². The van der Waals surface area contributed by atoms with Gasteiger partial charge in [-0.05, 0) is 40.8 Å². The van der Waals surface area contributed by atoms with Gasteiger partial charge in [-0.25, -0.2) is 0 Å². The monoisotopic (exact) mass is 715 g/mol. The Morgan fingerprint density at radius 3 is 1.42 bits per heavy atom. The van der Waals surface area contributed by atoms with E-state index in [1.165, 1.54) is 103 Å². The molecule has 0 spiro atoms. The number of benzene rings is 4. The fourth-order valence-electron chi connectivity index (χ4n) is 7.43. The summed E-state index contributed by atoms with van der Waals surface area (Å²) in [4.78, 5) is 0. The third-order valence-corrected chi connectivity index (χ3v) is 10.5. The van der Waals surface area contributed by atoms with E-state index in [4.69, 9.17) is 14.2 Å². The molecule has 0 amide bonds. The summed E-state index contributed by atoms with van der Waals surface area (Å²) in [5, 5.41) is 9.48. The Balaban J connectivity index is 1.33. The summed E-state index contributed by atoms with van der Waals surface area (Å²) in [6.45, 7) is 3.15. The van der Waals surface area contributed by atoms with Gasteiger partial charge in [0, 0.05) is 0 Å². The zero-order valence-electron chi connectivity index (χ0n) is 32.8. The van der Waals surface area contributed by atoms with Crippen LogP contribution in [0.1, 0.15) is 150 Å². The molecule has 4 rings (SSSR count). The van der Waals surface area contributed by atoms with E-state index in [0.29, 0.717) is 24.5 Å². The summed E-state index contributed by atoms with van der Waals surface area (Å²) >= 11 is 0. The van der Waals surface area contributed by atoms with Gasteiger partial charge in [0.1, 0.15) is 17.4 Å². The summed E-state index contributed by atoms with van der Waals surface area (Å²) in [7, 11) is 1.60. The van der Waals surface area contributed by atoms with Crippen LogP contribution in [0.5, 0.6) is 5.75 Å². The minimum absolute atomic E-state index is 0.108. The second kappa shape index (κ2) is 25.2. The molecule has 0 aliphatic heterocycles. The van der Waals surface area contributed by atoms with Crippen LogP contribution in [-0.2, 0) is 21.7 Å². The fraction of sp³-hybridized carbons (Fsp3) is 0.490. The molecule has 1 atom stereocenters. The normalized spacial score (nSPS) is 12.0. The predicted molar refractivity (Wildman–Crippen MR) is 220 cm³/mol. The number of hydrogen-bond donors (Lipinski definition) is 0. The molecule has 4 aromatic rings. The Kier molecular flexibility index (Phi) is 19.9. The molecular weight excluding hydrogens is 651 g/mol. The third-order valence-electron chi connectivity index (χ3n) is 10.5. The van der Waals surface area contributed by atoms with Crippen LogP contribution < -0.4 is 4.74 Å². The van der Waals surface area contributed by atoms with E-state index in [1.807, 2.05) is 18.2 Å². The van der Waals surface area contributed by atoms with Crippen molar-refractivity contribution in [2.24, 2.45) is 0 Å². The average Bonchev–Trinajstić information content (AvgIpc) is 3.22. The largest absolute Gasteiger partial charge is 0.495 e. The predicted octanol–water partition coefficient (Wildman–Crippen LogP) is 13.5. The minimum atomic E-state index is -0.794. The van der Waals surface area contributed by atoms with Gasteiger partial charge in [-0.2, -0.15) is 5.26 Å². The molecule has 0 aromatic heterocycles. The maximum atomic E-state index is 9.48. The Hall–Kier alpha value is -3.91. The lowest BCUT2D eigenvalue weighted by Crippen LogP contribution is -2.36. The van der Waals surface area contributed by atoms with Crippen molar-refractivity contribution < 1.29 is 14.2 Å². The molecule has 0 saturated heterocycles. The first-order valence-electron chi connectivity index (χ1n) is 20.7. The molecule has 0 saturated carbocycles. The minimum Gasteiger partial charge on any atom is -0.495 e. The van der Waals surface area contributed by atoms with Crippen LogP contribution in [0.2, 0.25) is 0 Å². The van der Waals surface area contributed by atoms with E-state index in [9.17, 15) is 5.26 Å². The van der Waals surface area contributed by atoms with Gasteiger partial charge in [0.05, 0.1) is 32.0 Å². The Labute approximate surface area is 321 Å². The van der Waals surface area contributed by atoms with Crippen molar-refractivity contribution >= 4 is 0 Å². The van der Waals surface area contributed by atoms with E-state index < -0.39 is 5.60 Å². The molecule has 0 heterocycles. The number of nitriles is 1. The summed E-state index contributed by atoms with van der Waals surface area (Å²) in [6, 6.07) is 39.5. The standard InChI is InChI=1S/C49H65NO3/c1-3-4-5-6-7-8-9-10-11-12-13-14-15-16-17-18-28-35-47(52-40-42-36-37-43(39-50)48(38-42)51-2)41-53-49(44-29-22-19-23-30-44,45-31-24-20-25-32-45)46-33-26-21-27-34-46/h19-27,29-34,36-38,47H,3-18,28,35,40-41H2,1-2H3. The van der Waals surface area contributed by atoms with E-state index in [-0.39, 0.29) is 6.10 Å². The van der Waals surface area contributed by atoms with Gasteiger partial charge in [-0.3, -0.25) is 0 Å². The van der Waals surface area contributed by atoms with Crippen molar-refractivity contribution in [3.05, 3.63) is 137 Å². The van der Waals surface area contributed by atoms with Crippen LogP contribution in [-0.4, -0.2) is 19.8 Å². The van der Waals surface area contributed by atoms with Crippen molar-refractivity contribution in [1.29, 1.82) is 5.26 Å². The number of rotatable bonds is 28. The number of ether oxygens (including phenoxy) is 3. The van der Waals surface area contributed by atoms with Crippen LogP contribution in [0, 0.1) is 11.3 Å². The van der Waals surface area contributed by atoms with Gasteiger partial charge >= 0.3 is 0 Å². The quantitative estimate of drug-likeness (QED) is 0.0434. The highest BCUT2D eigenvalue weighted by Gasteiger charge is 2.38. The lowest BCUT2D eigenvalue weighted by Gasteiger charge is -2.37. The van der Waals surface area contributed by atoms with Crippen molar-refractivity contribution in [1.82, 2.24) is 0 Å². The molecule has 0 bridgehead atoms. The highest BCUT2D eigenvalue weighted by atomic mass is 16.5. The first kappa shape index (κ1) is 41.8. The van der Waals surface area contributed by atoms with Gasteiger partial charge in [0.15, 0.2) is 0 Å².